The van der Waals surface area contributed by atoms with Gasteiger partial charge in [0.15, 0.2) is 11.5 Å². The van der Waals surface area contributed by atoms with Crippen LogP contribution in [0.2, 0.25) is 0 Å². The standard InChI is InChI=1S/C12H14O5/c1-7(12(13)14)10-8(15-2)3-4-9-11(10)17-6-5-16-9/h3-4,7H,5-6H2,1-2H3,(H,13,14). The van der Waals surface area contributed by atoms with Crippen LogP contribution in [0.4, 0.5) is 0 Å². The number of benzene rings is 1. The Labute approximate surface area is 98.9 Å². The van der Waals surface area contributed by atoms with Crippen LogP contribution in [-0.4, -0.2) is 31.4 Å². The Hall–Kier alpha value is -1.91. The lowest BCUT2D eigenvalue weighted by Gasteiger charge is -2.24. The van der Waals surface area contributed by atoms with Gasteiger partial charge in [-0.25, -0.2) is 0 Å². The number of carboxylic acid groups (broad SMARTS) is 1. The molecular weight excluding hydrogens is 224 g/mol. The van der Waals surface area contributed by atoms with E-state index < -0.39 is 11.9 Å². The van der Waals surface area contributed by atoms with E-state index in [1.165, 1.54) is 7.11 Å². The SMILES string of the molecule is COc1ccc2c(c1C(C)C(=O)O)OCCO2. The molecule has 92 valence electrons. The average molecular weight is 238 g/mol. The van der Waals surface area contributed by atoms with Crippen molar-refractivity contribution in [1.29, 1.82) is 0 Å². The maximum atomic E-state index is 11.1. The Kier molecular flexibility index (Phi) is 3.08. The third-order valence-electron chi connectivity index (χ3n) is 2.73. The first-order valence-corrected chi connectivity index (χ1v) is 5.34. The molecule has 0 spiro atoms. The van der Waals surface area contributed by atoms with Gasteiger partial charge in [-0.15, -0.1) is 0 Å². The predicted molar refractivity (Wildman–Crippen MR) is 60.0 cm³/mol. The summed E-state index contributed by atoms with van der Waals surface area (Å²) in [5.74, 6) is -0.0812. The maximum Gasteiger partial charge on any atom is 0.310 e. The normalized spacial score (nSPS) is 15.2. The third kappa shape index (κ3) is 2.00. The van der Waals surface area contributed by atoms with Gasteiger partial charge in [-0.2, -0.15) is 0 Å². The molecule has 0 bridgehead atoms. The van der Waals surface area contributed by atoms with Crippen LogP contribution in [0, 0.1) is 0 Å². The largest absolute Gasteiger partial charge is 0.496 e. The lowest BCUT2D eigenvalue weighted by molar-refractivity contribution is -0.138. The van der Waals surface area contributed by atoms with E-state index in [2.05, 4.69) is 0 Å². The average Bonchev–Trinajstić information content (AvgIpc) is 2.36. The number of hydrogen-bond acceptors (Lipinski definition) is 4. The molecule has 0 saturated heterocycles. The fourth-order valence-corrected chi connectivity index (χ4v) is 1.83. The van der Waals surface area contributed by atoms with E-state index in [0.29, 0.717) is 36.0 Å². The minimum absolute atomic E-state index is 0.416. The molecule has 1 N–H and O–H groups in total. The highest BCUT2D eigenvalue weighted by Crippen LogP contribution is 2.43. The Morgan fingerprint density at radius 3 is 2.76 bits per heavy atom. The van der Waals surface area contributed by atoms with Crippen molar-refractivity contribution in [3.8, 4) is 17.2 Å². The number of ether oxygens (including phenoxy) is 3. The molecule has 1 unspecified atom stereocenters. The van der Waals surface area contributed by atoms with Crippen molar-refractivity contribution >= 4 is 5.97 Å². The first-order chi connectivity index (χ1) is 8.15. The molecule has 0 aromatic heterocycles. The van der Waals surface area contributed by atoms with Crippen molar-refractivity contribution in [2.75, 3.05) is 20.3 Å². The summed E-state index contributed by atoms with van der Waals surface area (Å²) in [6, 6.07) is 3.42. The zero-order chi connectivity index (χ0) is 12.4. The first kappa shape index (κ1) is 11.6. The lowest BCUT2D eigenvalue weighted by atomic mass is 9.98. The lowest BCUT2D eigenvalue weighted by Crippen LogP contribution is -2.19. The van der Waals surface area contributed by atoms with E-state index in [4.69, 9.17) is 19.3 Å². The summed E-state index contributed by atoms with van der Waals surface area (Å²) in [6.07, 6.45) is 0. The quantitative estimate of drug-likeness (QED) is 0.867. The molecule has 0 saturated carbocycles. The number of carbonyl (C=O) groups is 1. The molecule has 1 aliphatic heterocycles. The third-order valence-corrected chi connectivity index (χ3v) is 2.73. The molecule has 1 aromatic rings. The summed E-state index contributed by atoms with van der Waals surface area (Å²) >= 11 is 0. The number of methoxy groups -OCH3 is 1. The molecule has 2 rings (SSSR count). The van der Waals surface area contributed by atoms with Crippen LogP contribution in [0.15, 0.2) is 12.1 Å². The van der Waals surface area contributed by atoms with Gasteiger partial charge in [-0.3, -0.25) is 4.79 Å². The number of hydrogen-bond donors (Lipinski definition) is 1. The van der Waals surface area contributed by atoms with E-state index in [1.807, 2.05) is 0 Å². The molecule has 1 heterocycles. The van der Waals surface area contributed by atoms with E-state index in [1.54, 1.807) is 19.1 Å². The summed E-state index contributed by atoms with van der Waals surface area (Å²) in [4.78, 5) is 11.1. The van der Waals surface area contributed by atoms with Gasteiger partial charge >= 0.3 is 5.97 Å². The van der Waals surface area contributed by atoms with Crippen molar-refractivity contribution in [3.05, 3.63) is 17.7 Å². The van der Waals surface area contributed by atoms with Crippen LogP contribution in [-0.2, 0) is 4.79 Å². The summed E-state index contributed by atoms with van der Waals surface area (Å²) in [5.41, 5.74) is 0.525. The summed E-state index contributed by atoms with van der Waals surface area (Å²) in [7, 11) is 1.50. The van der Waals surface area contributed by atoms with Crippen molar-refractivity contribution in [2.24, 2.45) is 0 Å². The summed E-state index contributed by atoms with van der Waals surface area (Å²) in [5, 5.41) is 9.11. The number of rotatable bonds is 3. The Balaban J connectivity index is 2.55. The summed E-state index contributed by atoms with van der Waals surface area (Å²) in [6.45, 7) is 2.48. The van der Waals surface area contributed by atoms with E-state index >= 15 is 0 Å². The molecule has 5 nitrogen and oxygen atoms in total. The monoisotopic (exact) mass is 238 g/mol. The second kappa shape index (κ2) is 4.53. The topological polar surface area (TPSA) is 65.0 Å². The molecular formula is C12H14O5. The molecule has 17 heavy (non-hydrogen) atoms. The van der Waals surface area contributed by atoms with Crippen LogP contribution < -0.4 is 14.2 Å². The Bertz CT molecular complexity index is 441. The minimum atomic E-state index is -0.925. The van der Waals surface area contributed by atoms with Crippen molar-refractivity contribution in [3.63, 3.8) is 0 Å². The van der Waals surface area contributed by atoms with Crippen LogP contribution in [0.1, 0.15) is 18.4 Å². The predicted octanol–water partition coefficient (Wildman–Crippen LogP) is 1.65. The van der Waals surface area contributed by atoms with Crippen molar-refractivity contribution < 1.29 is 24.1 Å². The van der Waals surface area contributed by atoms with Gasteiger partial charge in [0.1, 0.15) is 19.0 Å². The van der Waals surface area contributed by atoms with E-state index in [9.17, 15) is 4.79 Å². The molecule has 0 aliphatic carbocycles. The Morgan fingerprint density at radius 2 is 2.12 bits per heavy atom. The zero-order valence-electron chi connectivity index (χ0n) is 9.73. The molecule has 5 heteroatoms. The molecule has 1 aliphatic rings. The van der Waals surface area contributed by atoms with Crippen LogP contribution in [0.5, 0.6) is 17.2 Å². The number of carboxylic acids is 1. The van der Waals surface area contributed by atoms with Crippen molar-refractivity contribution in [2.45, 2.75) is 12.8 Å². The van der Waals surface area contributed by atoms with Gasteiger partial charge in [-0.1, -0.05) is 0 Å². The molecule has 1 atom stereocenters. The fourth-order valence-electron chi connectivity index (χ4n) is 1.83. The van der Waals surface area contributed by atoms with Gasteiger partial charge < -0.3 is 19.3 Å². The number of aliphatic carboxylic acids is 1. The van der Waals surface area contributed by atoms with Gasteiger partial charge in [0.2, 0.25) is 0 Å². The van der Waals surface area contributed by atoms with Crippen LogP contribution in [0.25, 0.3) is 0 Å². The van der Waals surface area contributed by atoms with Crippen LogP contribution >= 0.6 is 0 Å². The highest BCUT2D eigenvalue weighted by molar-refractivity contribution is 5.79. The van der Waals surface area contributed by atoms with E-state index in [0.717, 1.165) is 0 Å². The maximum absolute atomic E-state index is 11.1. The second-order valence-electron chi connectivity index (χ2n) is 3.77. The highest BCUT2D eigenvalue weighted by atomic mass is 16.6. The van der Waals surface area contributed by atoms with Gasteiger partial charge in [0.25, 0.3) is 0 Å². The second-order valence-corrected chi connectivity index (χ2v) is 3.77. The highest BCUT2D eigenvalue weighted by Gasteiger charge is 2.27. The molecule has 0 radical (unpaired) electrons. The van der Waals surface area contributed by atoms with Gasteiger partial charge in [0, 0.05) is 0 Å². The molecule has 1 aromatic carbocycles. The van der Waals surface area contributed by atoms with Crippen LogP contribution in [0.3, 0.4) is 0 Å². The molecule has 0 amide bonds. The minimum Gasteiger partial charge on any atom is -0.496 e. The van der Waals surface area contributed by atoms with Gasteiger partial charge in [0.05, 0.1) is 18.6 Å². The fraction of sp³-hybridized carbons (Fsp3) is 0.417. The van der Waals surface area contributed by atoms with Crippen molar-refractivity contribution in [1.82, 2.24) is 0 Å². The number of fused-ring (bicyclic) bond motifs is 1. The van der Waals surface area contributed by atoms with E-state index in [-0.39, 0.29) is 0 Å². The summed E-state index contributed by atoms with van der Waals surface area (Å²) < 4.78 is 16.1. The molecule has 0 fully saturated rings. The zero-order valence-corrected chi connectivity index (χ0v) is 9.73. The smallest absolute Gasteiger partial charge is 0.310 e. The van der Waals surface area contributed by atoms with Gasteiger partial charge in [-0.05, 0) is 19.1 Å². The Morgan fingerprint density at radius 1 is 1.41 bits per heavy atom. The first-order valence-electron chi connectivity index (χ1n) is 5.34.